The average Bonchev–Trinajstić information content (AvgIpc) is 3.16. The summed E-state index contributed by atoms with van der Waals surface area (Å²) in [5.74, 6) is 1.25. The van der Waals surface area contributed by atoms with E-state index in [2.05, 4.69) is 32.3 Å². The number of aliphatic hydroxyl groups is 1. The number of likely N-dealkylation sites (N-methyl/N-ethyl adjacent to an activating group) is 1. The highest BCUT2D eigenvalue weighted by molar-refractivity contribution is 14.0. The second kappa shape index (κ2) is 11.8. The van der Waals surface area contributed by atoms with E-state index in [1.807, 2.05) is 6.92 Å². The van der Waals surface area contributed by atoms with Gasteiger partial charge in [0, 0.05) is 45.8 Å². The maximum atomic E-state index is 10.5. The Morgan fingerprint density at radius 2 is 1.92 bits per heavy atom. The molecule has 1 aromatic heterocycles. The molecule has 1 unspecified atom stereocenters. The molecule has 1 atom stereocenters. The molecule has 0 aromatic carbocycles. The van der Waals surface area contributed by atoms with Gasteiger partial charge < -0.3 is 25.1 Å². The summed E-state index contributed by atoms with van der Waals surface area (Å²) in [6, 6.07) is 3.54. The van der Waals surface area contributed by atoms with Crippen LogP contribution < -0.4 is 10.6 Å². The summed E-state index contributed by atoms with van der Waals surface area (Å²) in [6.07, 6.45) is 1.56. The molecule has 0 bridgehead atoms. The van der Waals surface area contributed by atoms with Gasteiger partial charge >= 0.3 is 0 Å². The van der Waals surface area contributed by atoms with E-state index in [1.54, 1.807) is 25.3 Å². The first kappa shape index (κ1) is 23.2. The predicted octanol–water partition coefficient (Wildman–Crippen LogP) is 1.30. The zero-order valence-electron chi connectivity index (χ0n) is 16.2. The number of hydrogen-bond acceptors (Lipinski definition) is 5. The third-order valence-corrected chi connectivity index (χ3v) is 4.57. The van der Waals surface area contributed by atoms with Crippen molar-refractivity contribution in [2.24, 2.45) is 4.99 Å². The molecular formula is C18H34IN5O2. The van der Waals surface area contributed by atoms with Gasteiger partial charge in [-0.05, 0) is 32.5 Å². The lowest BCUT2D eigenvalue weighted by Gasteiger charge is -2.34. The number of hydrogen-bond donors (Lipinski definition) is 3. The minimum Gasteiger partial charge on any atom is -0.466 e. The van der Waals surface area contributed by atoms with Gasteiger partial charge in [-0.15, -0.1) is 24.0 Å². The van der Waals surface area contributed by atoms with Crippen molar-refractivity contribution in [3.63, 3.8) is 0 Å². The molecule has 0 amide bonds. The highest BCUT2D eigenvalue weighted by Gasteiger charge is 2.26. The van der Waals surface area contributed by atoms with Gasteiger partial charge in [0.1, 0.15) is 11.4 Å². The fraction of sp³-hybridized carbons (Fsp3) is 0.722. The average molecular weight is 479 g/mol. The molecule has 1 aliphatic heterocycles. The number of halogens is 1. The van der Waals surface area contributed by atoms with E-state index < -0.39 is 5.60 Å². The molecular weight excluding hydrogens is 445 g/mol. The molecule has 0 saturated carbocycles. The van der Waals surface area contributed by atoms with Gasteiger partial charge in [-0.2, -0.15) is 0 Å². The molecule has 1 aromatic rings. The SMILES string of the molecule is CCNC(=NCC(C)(O)c1ccco1)NCCN1CCN(CC)CC1.I. The van der Waals surface area contributed by atoms with Crippen LogP contribution in [0.25, 0.3) is 0 Å². The summed E-state index contributed by atoms with van der Waals surface area (Å²) in [5.41, 5.74) is -1.11. The second-order valence-corrected chi connectivity index (χ2v) is 6.65. The highest BCUT2D eigenvalue weighted by atomic mass is 127. The Bertz CT molecular complexity index is 514. The summed E-state index contributed by atoms with van der Waals surface area (Å²) < 4.78 is 5.30. The molecule has 150 valence electrons. The van der Waals surface area contributed by atoms with Crippen LogP contribution in [0, 0.1) is 0 Å². The van der Waals surface area contributed by atoms with Crippen molar-refractivity contribution in [2.45, 2.75) is 26.4 Å². The normalized spacial score (nSPS) is 18.8. The van der Waals surface area contributed by atoms with Crippen molar-refractivity contribution in [1.82, 2.24) is 20.4 Å². The first-order chi connectivity index (χ1) is 12.0. The van der Waals surface area contributed by atoms with Gasteiger partial charge in [0.25, 0.3) is 0 Å². The molecule has 0 spiro atoms. The molecule has 0 aliphatic carbocycles. The minimum absolute atomic E-state index is 0. The largest absolute Gasteiger partial charge is 0.466 e. The van der Waals surface area contributed by atoms with Gasteiger partial charge in [0.2, 0.25) is 0 Å². The van der Waals surface area contributed by atoms with Crippen molar-refractivity contribution in [2.75, 3.05) is 58.9 Å². The lowest BCUT2D eigenvalue weighted by molar-refractivity contribution is 0.0437. The molecule has 3 N–H and O–H groups in total. The molecule has 8 heteroatoms. The summed E-state index contributed by atoms with van der Waals surface area (Å²) in [7, 11) is 0. The zero-order chi connectivity index (χ0) is 18.1. The van der Waals surface area contributed by atoms with Crippen LogP contribution in [0.15, 0.2) is 27.8 Å². The van der Waals surface area contributed by atoms with Crippen molar-refractivity contribution in [3.05, 3.63) is 24.2 Å². The Labute approximate surface area is 174 Å². The second-order valence-electron chi connectivity index (χ2n) is 6.65. The molecule has 2 heterocycles. The van der Waals surface area contributed by atoms with Crippen LogP contribution in [0.5, 0.6) is 0 Å². The van der Waals surface area contributed by atoms with E-state index in [4.69, 9.17) is 4.42 Å². The standard InChI is InChI=1S/C18H33N5O2.HI/c1-4-19-17(21-15-18(3,24)16-7-6-14-25-16)20-8-9-23-12-10-22(5-2)11-13-23;/h6-7,14,24H,4-5,8-13,15H2,1-3H3,(H2,19,20,21);1H. The van der Waals surface area contributed by atoms with Crippen LogP contribution >= 0.6 is 24.0 Å². The Morgan fingerprint density at radius 3 is 2.50 bits per heavy atom. The zero-order valence-corrected chi connectivity index (χ0v) is 18.5. The van der Waals surface area contributed by atoms with E-state index >= 15 is 0 Å². The smallest absolute Gasteiger partial charge is 0.191 e. The predicted molar refractivity (Wildman–Crippen MR) is 116 cm³/mol. The highest BCUT2D eigenvalue weighted by Crippen LogP contribution is 2.20. The third kappa shape index (κ3) is 7.42. The van der Waals surface area contributed by atoms with Gasteiger partial charge in [0.15, 0.2) is 5.96 Å². The topological polar surface area (TPSA) is 76.3 Å². The molecule has 26 heavy (non-hydrogen) atoms. The van der Waals surface area contributed by atoms with E-state index in [0.29, 0.717) is 5.76 Å². The Hall–Kier alpha value is -0.840. The Morgan fingerprint density at radius 1 is 1.23 bits per heavy atom. The summed E-state index contributed by atoms with van der Waals surface area (Å²) in [6.45, 7) is 14.5. The van der Waals surface area contributed by atoms with Crippen LogP contribution in [0.2, 0.25) is 0 Å². The summed E-state index contributed by atoms with van der Waals surface area (Å²) in [4.78, 5) is 9.46. The number of nitrogens with one attached hydrogen (secondary N) is 2. The van der Waals surface area contributed by atoms with Crippen LogP contribution in [-0.4, -0.2) is 79.8 Å². The molecule has 1 fully saturated rings. The molecule has 7 nitrogen and oxygen atoms in total. The van der Waals surface area contributed by atoms with Crippen LogP contribution in [0.1, 0.15) is 26.5 Å². The van der Waals surface area contributed by atoms with Crippen molar-refractivity contribution in [3.8, 4) is 0 Å². The van der Waals surface area contributed by atoms with E-state index in [-0.39, 0.29) is 30.5 Å². The quantitative estimate of drug-likeness (QED) is 0.297. The van der Waals surface area contributed by atoms with Crippen molar-refractivity contribution in [1.29, 1.82) is 0 Å². The Kier molecular flexibility index (Phi) is 10.5. The summed E-state index contributed by atoms with van der Waals surface area (Å²) in [5, 5.41) is 17.1. The minimum atomic E-state index is -1.11. The summed E-state index contributed by atoms with van der Waals surface area (Å²) >= 11 is 0. The monoisotopic (exact) mass is 479 g/mol. The van der Waals surface area contributed by atoms with Gasteiger partial charge in [-0.25, -0.2) is 4.99 Å². The molecule has 0 radical (unpaired) electrons. The lowest BCUT2D eigenvalue weighted by Crippen LogP contribution is -2.49. The van der Waals surface area contributed by atoms with Crippen LogP contribution in [0.3, 0.4) is 0 Å². The molecule has 1 saturated heterocycles. The first-order valence-corrected chi connectivity index (χ1v) is 9.28. The number of aliphatic imine (C=N–C) groups is 1. The molecule has 1 aliphatic rings. The number of nitrogens with zero attached hydrogens (tertiary/aromatic N) is 3. The van der Waals surface area contributed by atoms with E-state index in [1.165, 1.54) is 0 Å². The van der Waals surface area contributed by atoms with E-state index in [9.17, 15) is 5.11 Å². The molecule has 2 rings (SSSR count). The maximum Gasteiger partial charge on any atom is 0.191 e. The first-order valence-electron chi connectivity index (χ1n) is 9.28. The van der Waals surface area contributed by atoms with Gasteiger partial charge in [0.05, 0.1) is 12.8 Å². The van der Waals surface area contributed by atoms with Gasteiger partial charge in [-0.3, -0.25) is 4.90 Å². The van der Waals surface area contributed by atoms with Crippen LogP contribution in [0.4, 0.5) is 0 Å². The number of guanidine groups is 1. The van der Waals surface area contributed by atoms with Gasteiger partial charge in [-0.1, -0.05) is 6.92 Å². The number of rotatable bonds is 8. The van der Waals surface area contributed by atoms with Crippen molar-refractivity contribution >= 4 is 29.9 Å². The fourth-order valence-electron chi connectivity index (χ4n) is 2.90. The van der Waals surface area contributed by atoms with Crippen LogP contribution in [-0.2, 0) is 5.60 Å². The number of piperazine rings is 1. The lowest BCUT2D eigenvalue weighted by atomic mass is 10.0. The maximum absolute atomic E-state index is 10.5. The third-order valence-electron chi connectivity index (χ3n) is 4.57. The number of furan rings is 1. The van der Waals surface area contributed by atoms with E-state index in [0.717, 1.165) is 58.3 Å². The Balaban J connectivity index is 0.00000338. The van der Waals surface area contributed by atoms with Crippen molar-refractivity contribution < 1.29 is 9.52 Å². The fourth-order valence-corrected chi connectivity index (χ4v) is 2.90.